The fourth-order valence-electron chi connectivity index (χ4n) is 2.96. The maximum Gasteiger partial charge on any atom is 0.0509 e. The SMILES string of the molecule is C[C@H]1CN(c2ccccc2Sc2ccc(Cl)cc2)C[C@H](C)N1. The predicted octanol–water partition coefficient (Wildman–Crippen LogP) is 4.68. The van der Waals surface area contributed by atoms with E-state index >= 15 is 0 Å². The Balaban J connectivity index is 1.84. The number of hydrogen-bond acceptors (Lipinski definition) is 3. The van der Waals surface area contributed by atoms with E-state index in [0.717, 1.165) is 18.1 Å². The summed E-state index contributed by atoms with van der Waals surface area (Å²) in [6.45, 7) is 6.58. The van der Waals surface area contributed by atoms with Crippen molar-refractivity contribution in [3.63, 3.8) is 0 Å². The molecule has 0 saturated carbocycles. The highest BCUT2D eigenvalue weighted by Gasteiger charge is 2.22. The molecule has 1 aliphatic rings. The van der Waals surface area contributed by atoms with Gasteiger partial charge in [0, 0.05) is 40.0 Å². The molecule has 3 rings (SSSR count). The molecule has 0 aliphatic carbocycles. The van der Waals surface area contributed by atoms with Crippen LogP contribution in [0, 0.1) is 0 Å². The van der Waals surface area contributed by atoms with Gasteiger partial charge in [0.15, 0.2) is 0 Å². The van der Waals surface area contributed by atoms with Gasteiger partial charge in [0.25, 0.3) is 0 Å². The Morgan fingerprint density at radius 2 is 1.64 bits per heavy atom. The Labute approximate surface area is 141 Å². The number of para-hydroxylation sites is 1. The maximum absolute atomic E-state index is 5.98. The van der Waals surface area contributed by atoms with Crippen LogP contribution in [0.5, 0.6) is 0 Å². The second kappa shape index (κ2) is 6.95. The van der Waals surface area contributed by atoms with Crippen LogP contribution >= 0.6 is 23.4 Å². The average molecular weight is 333 g/mol. The lowest BCUT2D eigenvalue weighted by Gasteiger charge is -2.38. The highest BCUT2D eigenvalue weighted by atomic mass is 35.5. The number of nitrogens with zero attached hydrogens (tertiary/aromatic N) is 1. The normalized spacial score (nSPS) is 21.9. The second-order valence-electron chi connectivity index (χ2n) is 5.90. The molecular weight excluding hydrogens is 312 g/mol. The molecule has 0 amide bonds. The Morgan fingerprint density at radius 1 is 1.00 bits per heavy atom. The summed E-state index contributed by atoms with van der Waals surface area (Å²) in [5, 5.41) is 4.37. The third-order valence-corrected chi connectivity index (χ3v) is 5.13. The molecule has 0 radical (unpaired) electrons. The Bertz CT molecular complexity index is 619. The van der Waals surface area contributed by atoms with E-state index in [9.17, 15) is 0 Å². The highest BCUT2D eigenvalue weighted by molar-refractivity contribution is 7.99. The van der Waals surface area contributed by atoms with Gasteiger partial charge in [-0.15, -0.1) is 0 Å². The minimum Gasteiger partial charge on any atom is -0.368 e. The number of halogens is 1. The Kier molecular flexibility index (Phi) is 4.97. The molecule has 4 heteroatoms. The second-order valence-corrected chi connectivity index (χ2v) is 7.45. The number of anilines is 1. The Morgan fingerprint density at radius 3 is 2.32 bits per heavy atom. The first kappa shape index (κ1) is 15.7. The number of nitrogens with one attached hydrogen (secondary N) is 1. The molecule has 0 spiro atoms. The summed E-state index contributed by atoms with van der Waals surface area (Å²) >= 11 is 7.77. The van der Waals surface area contributed by atoms with Crippen LogP contribution < -0.4 is 10.2 Å². The number of rotatable bonds is 3. The topological polar surface area (TPSA) is 15.3 Å². The smallest absolute Gasteiger partial charge is 0.0509 e. The number of piperazine rings is 1. The molecular formula is C18H21ClN2S. The van der Waals surface area contributed by atoms with Crippen LogP contribution in [0.4, 0.5) is 5.69 Å². The monoisotopic (exact) mass is 332 g/mol. The molecule has 1 N–H and O–H groups in total. The van der Waals surface area contributed by atoms with Crippen molar-refractivity contribution in [1.29, 1.82) is 0 Å². The summed E-state index contributed by atoms with van der Waals surface area (Å²) in [5.41, 5.74) is 1.32. The van der Waals surface area contributed by atoms with Crippen molar-refractivity contribution >= 4 is 29.1 Å². The zero-order chi connectivity index (χ0) is 15.5. The van der Waals surface area contributed by atoms with Crippen molar-refractivity contribution in [3.05, 3.63) is 53.6 Å². The minimum absolute atomic E-state index is 0.511. The summed E-state index contributed by atoms with van der Waals surface area (Å²) in [4.78, 5) is 5.00. The quantitative estimate of drug-likeness (QED) is 0.878. The number of hydrogen-bond donors (Lipinski definition) is 1. The molecule has 2 nitrogen and oxygen atoms in total. The molecule has 0 aromatic heterocycles. The first-order valence-electron chi connectivity index (χ1n) is 7.65. The van der Waals surface area contributed by atoms with Crippen molar-refractivity contribution in [2.45, 2.75) is 35.7 Å². The van der Waals surface area contributed by atoms with Crippen LogP contribution in [0.15, 0.2) is 58.3 Å². The summed E-state index contributed by atoms with van der Waals surface area (Å²) in [6, 6.07) is 17.7. The molecule has 2 aromatic rings. The summed E-state index contributed by atoms with van der Waals surface area (Å²) in [6.07, 6.45) is 0. The van der Waals surface area contributed by atoms with Gasteiger partial charge in [-0.3, -0.25) is 0 Å². The van der Waals surface area contributed by atoms with Crippen molar-refractivity contribution in [2.75, 3.05) is 18.0 Å². The van der Waals surface area contributed by atoms with E-state index in [1.54, 1.807) is 11.8 Å². The average Bonchev–Trinajstić information content (AvgIpc) is 2.49. The fourth-order valence-corrected chi connectivity index (χ4v) is 4.06. The zero-order valence-electron chi connectivity index (χ0n) is 12.9. The van der Waals surface area contributed by atoms with Crippen LogP contribution in [-0.2, 0) is 0 Å². The van der Waals surface area contributed by atoms with E-state index in [2.05, 4.69) is 60.5 Å². The fraction of sp³-hybridized carbons (Fsp3) is 0.333. The molecule has 1 fully saturated rings. The van der Waals surface area contributed by atoms with Gasteiger partial charge in [0.05, 0.1) is 5.69 Å². The molecule has 1 aliphatic heterocycles. The molecule has 1 saturated heterocycles. The third kappa shape index (κ3) is 3.78. The van der Waals surface area contributed by atoms with Crippen LogP contribution in [0.3, 0.4) is 0 Å². The van der Waals surface area contributed by atoms with Gasteiger partial charge in [-0.25, -0.2) is 0 Å². The largest absolute Gasteiger partial charge is 0.368 e. The van der Waals surface area contributed by atoms with Crippen LogP contribution in [0.1, 0.15) is 13.8 Å². The van der Waals surface area contributed by atoms with Crippen LogP contribution in [-0.4, -0.2) is 25.2 Å². The van der Waals surface area contributed by atoms with Crippen molar-refractivity contribution in [1.82, 2.24) is 5.32 Å². The third-order valence-electron chi connectivity index (χ3n) is 3.80. The van der Waals surface area contributed by atoms with E-state index < -0.39 is 0 Å². The summed E-state index contributed by atoms with van der Waals surface area (Å²) < 4.78 is 0. The molecule has 0 bridgehead atoms. The standard InChI is InChI=1S/C18H21ClN2S/c1-13-11-21(12-14(2)20-13)17-5-3-4-6-18(17)22-16-9-7-15(19)8-10-16/h3-10,13-14,20H,11-12H2,1-2H3/t13-,14-/m0/s1. The number of benzene rings is 2. The van der Waals surface area contributed by atoms with Crippen LogP contribution in [0.25, 0.3) is 0 Å². The first-order chi connectivity index (χ1) is 10.6. The lowest BCUT2D eigenvalue weighted by molar-refractivity contribution is 0.406. The molecule has 2 atom stereocenters. The van der Waals surface area contributed by atoms with E-state index in [-0.39, 0.29) is 0 Å². The van der Waals surface area contributed by atoms with Crippen molar-refractivity contribution in [3.8, 4) is 0 Å². The highest BCUT2D eigenvalue weighted by Crippen LogP contribution is 2.36. The van der Waals surface area contributed by atoms with Crippen molar-refractivity contribution in [2.24, 2.45) is 0 Å². The minimum atomic E-state index is 0.511. The molecule has 22 heavy (non-hydrogen) atoms. The van der Waals surface area contributed by atoms with E-state index in [1.165, 1.54) is 15.5 Å². The van der Waals surface area contributed by atoms with Gasteiger partial charge in [-0.2, -0.15) is 0 Å². The zero-order valence-corrected chi connectivity index (χ0v) is 14.5. The van der Waals surface area contributed by atoms with Gasteiger partial charge in [0.1, 0.15) is 0 Å². The summed E-state index contributed by atoms with van der Waals surface area (Å²) in [7, 11) is 0. The van der Waals surface area contributed by atoms with E-state index in [1.807, 2.05) is 12.1 Å². The van der Waals surface area contributed by atoms with E-state index in [0.29, 0.717) is 12.1 Å². The van der Waals surface area contributed by atoms with Crippen molar-refractivity contribution < 1.29 is 0 Å². The van der Waals surface area contributed by atoms with Gasteiger partial charge in [-0.05, 0) is 50.2 Å². The van der Waals surface area contributed by atoms with Gasteiger partial charge < -0.3 is 10.2 Å². The van der Waals surface area contributed by atoms with Gasteiger partial charge >= 0.3 is 0 Å². The maximum atomic E-state index is 5.98. The van der Waals surface area contributed by atoms with E-state index in [4.69, 9.17) is 11.6 Å². The van der Waals surface area contributed by atoms with Gasteiger partial charge in [-0.1, -0.05) is 35.5 Å². The molecule has 1 heterocycles. The van der Waals surface area contributed by atoms with Gasteiger partial charge in [0.2, 0.25) is 0 Å². The lowest BCUT2D eigenvalue weighted by atomic mass is 10.1. The first-order valence-corrected chi connectivity index (χ1v) is 8.85. The van der Waals surface area contributed by atoms with Crippen LogP contribution in [0.2, 0.25) is 5.02 Å². The lowest BCUT2D eigenvalue weighted by Crippen LogP contribution is -2.54. The molecule has 0 unspecified atom stereocenters. The predicted molar refractivity (Wildman–Crippen MR) is 96.3 cm³/mol. The Hall–Kier alpha value is -1.16. The molecule has 2 aromatic carbocycles. The molecule has 116 valence electrons. The summed E-state index contributed by atoms with van der Waals surface area (Å²) in [5.74, 6) is 0.